The van der Waals surface area contributed by atoms with Crippen molar-refractivity contribution in [2.45, 2.75) is 58.5 Å². The van der Waals surface area contributed by atoms with Gasteiger partial charge in [0.1, 0.15) is 5.69 Å². The second-order valence-electron chi connectivity index (χ2n) is 7.49. The van der Waals surface area contributed by atoms with E-state index in [2.05, 4.69) is 34.3 Å². The van der Waals surface area contributed by atoms with Crippen LogP contribution in [0.3, 0.4) is 0 Å². The number of aromatic nitrogens is 5. The predicted molar refractivity (Wildman–Crippen MR) is 106 cm³/mol. The minimum absolute atomic E-state index is 0.0450. The second-order valence-corrected chi connectivity index (χ2v) is 7.49. The summed E-state index contributed by atoms with van der Waals surface area (Å²) in [5, 5.41) is 12.3. The third-order valence-corrected chi connectivity index (χ3v) is 5.28. The van der Waals surface area contributed by atoms with Crippen molar-refractivity contribution < 1.29 is 4.79 Å². The van der Waals surface area contributed by atoms with Crippen molar-refractivity contribution in [3.05, 3.63) is 59.3 Å². The zero-order valence-corrected chi connectivity index (χ0v) is 16.6. The Morgan fingerprint density at radius 1 is 1.36 bits per heavy atom. The summed E-state index contributed by atoms with van der Waals surface area (Å²) in [5.74, 6) is 1.02. The molecule has 0 spiro atoms. The van der Waals surface area contributed by atoms with Crippen molar-refractivity contribution in [1.29, 1.82) is 0 Å². The molecule has 0 aromatic carbocycles. The largest absolute Gasteiger partial charge is 0.344 e. The minimum atomic E-state index is -0.0790. The standard InChI is InChI=1S/C21H26N6O/c1-4-26-19(12-17(25-26)14(2)3)21(28)24-16-8-7-9-18-15(16)13-23-27(18)20-10-5-6-11-22-20/h5-6,10-14,16H,4,7-9H2,1-3H3,(H,24,28)/t16-/m1/s1. The molecule has 1 aliphatic carbocycles. The summed E-state index contributed by atoms with van der Waals surface area (Å²) < 4.78 is 3.67. The van der Waals surface area contributed by atoms with Crippen LogP contribution in [0.2, 0.25) is 0 Å². The molecule has 0 unspecified atom stereocenters. The fraction of sp³-hybridized carbons (Fsp3) is 0.429. The van der Waals surface area contributed by atoms with E-state index in [1.54, 1.807) is 10.9 Å². The highest BCUT2D eigenvalue weighted by atomic mass is 16.2. The molecule has 3 aromatic rings. The van der Waals surface area contributed by atoms with E-state index >= 15 is 0 Å². The number of pyridine rings is 1. The van der Waals surface area contributed by atoms with Gasteiger partial charge in [-0.05, 0) is 50.3 Å². The van der Waals surface area contributed by atoms with Gasteiger partial charge in [-0.25, -0.2) is 9.67 Å². The predicted octanol–water partition coefficient (Wildman–Crippen LogP) is 3.41. The van der Waals surface area contributed by atoms with Crippen molar-refractivity contribution >= 4 is 5.91 Å². The van der Waals surface area contributed by atoms with Crippen LogP contribution < -0.4 is 5.32 Å². The summed E-state index contributed by atoms with van der Waals surface area (Å²) in [5.41, 5.74) is 3.77. The Bertz CT molecular complexity index is 972. The van der Waals surface area contributed by atoms with Gasteiger partial charge in [-0.15, -0.1) is 0 Å². The van der Waals surface area contributed by atoms with Crippen LogP contribution in [-0.4, -0.2) is 30.5 Å². The number of fused-ring (bicyclic) bond motifs is 1. The lowest BCUT2D eigenvalue weighted by atomic mass is 9.93. The number of nitrogens with one attached hydrogen (secondary N) is 1. The van der Waals surface area contributed by atoms with Crippen molar-refractivity contribution in [3.63, 3.8) is 0 Å². The van der Waals surface area contributed by atoms with Gasteiger partial charge in [0.25, 0.3) is 5.91 Å². The van der Waals surface area contributed by atoms with Gasteiger partial charge < -0.3 is 5.32 Å². The zero-order chi connectivity index (χ0) is 19.7. The molecule has 7 heteroatoms. The number of hydrogen-bond acceptors (Lipinski definition) is 4. The molecule has 7 nitrogen and oxygen atoms in total. The molecule has 3 heterocycles. The van der Waals surface area contributed by atoms with Crippen molar-refractivity contribution in [1.82, 2.24) is 29.9 Å². The van der Waals surface area contributed by atoms with Gasteiger partial charge in [0.05, 0.1) is 23.6 Å². The Labute approximate surface area is 164 Å². The van der Waals surface area contributed by atoms with Gasteiger partial charge >= 0.3 is 0 Å². The Kier molecular flexibility index (Phi) is 4.98. The molecule has 146 valence electrons. The number of nitrogens with zero attached hydrogens (tertiary/aromatic N) is 5. The average Bonchev–Trinajstić information content (AvgIpc) is 3.34. The zero-order valence-electron chi connectivity index (χ0n) is 16.6. The normalized spacial score (nSPS) is 16.2. The van der Waals surface area contributed by atoms with E-state index < -0.39 is 0 Å². The molecule has 1 N–H and O–H groups in total. The van der Waals surface area contributed by atoms with E-state index in [1.807, 2.05) is 42.1 Å². The number of rotatable bonds is 5. The van der Waals surface area contributed by atoms with Gasteiger partial charge in [-0.2, -0.15) is 10.2 Å². The van der Waals surface area contributed by atoms with Crippen LogP contribution in [0.4, 0.5) is 0 Å². The molecule has 28 heavy (non-hydrogen) atoms. The Morgan fingerprint density at radius 3 is 2.93 bits per heavy atom. The average molecular weight is 378 g/mol. The second kappa shape index (κ2) is 7.58. The lowest BCUT2D eigenvalue weighted by Gasteiger charge is -2.24. The smallest absolute Gasteiger partial charge is 0.270 e. The van der Waals surface area contributed by atoms with Gasteiger partial charge in [-0.3, -0.25) is 9.48 Å². The summed E-state index contributed by atoms with van der Waals surface area (Å²) in [6, 6.07) is 7.66. The van der Waals surface area contributed by atoms with Crippen LogP contribution in [0.5, 0.6) is 0 Å². The van der Waals surface area contributed by atoms with E-state index in [1.165, 1.54) is 0 Å². The third-order valence-electron chi connectivity index (χ3n) is 5.28. The first-order chi connectivity index (χ1) is 13.6. The van der Waals surface area contributed by atoms with E-state index in [0.29, 0.717) is 12.2 Å². The Hall–Kier alpha value is -2.96. The summed E-state index contributed by atoms with van der Waals surface area (Å²) >= 11 is 0. The highest BCUT2D eigenvalue weighted by Crippen LogP contribution is 2.31. The Balaban J connectivity index is 1.60. The molecule has 0 radical (unpaired) electrons. The van der Waals surface area contributed by atoms with Gasteiger partial charge in [0.2, 0.25) is 0 Å². The van der Waals surface area contributed by atoms with E-state index in [0.717, 1.165) is 42.0 Å². The summed E-state index contributed by atoms with van der Waals surface area (Å²) in [6.45, 7) is 6.85. The topological polar surface area (TPSA) is 77.6 Å². The number of amides is 1. The van der Waals surface area contributed by atoms with Crippen LogP contribution in [-0.2, 0) is 13.0 Å². The number of aryl methyl sites for hydroxylation is 1. The first-order valence-electron chi connectivity index (χ1n) is 9.95. The molecule has 0 bridgehead atoms. The molecule has 0 saturated heterocycles. The molecule has 0 saturated carbocycles. The van der Waals surface area contributed by atoms with Gasteiger partial charge in [0, 0.05) is 18.3 Å². The van der Waals surface area contributed by atoms with Crippen LogP contribution >= 0.6 is 0 Å². The van der Waals surface area contributed by atoms with Crippen molar-refractivity contribution in [3.8, 4) is 5.82 Å². The van der Waals surface area contributed by atoms with Crippen LogP contribution in [0, 0.1) is 0 Å². The minimum Gasteiger partial charge on any atom is -0.344 e. The molecule has 1 amide bonds. The molecule has 3 aromatic heterocycles. The lowest BCUT2D eigenvalue weighted by molar-refractivity contribution is 0.0922. The maximum absolute atomic E-state index is 13.0. The monoisotopic (exact) mass is 378 g/mol. The van der Waals surface area contributed by atoms with Crippen LogP contribution in [0.1, 0.15) is 73.0 Å². The maximum Gasteiger partial charge on any atom is 0.270 e. The fourth-order valence-corrected chi connectivity index (χ4v) is 3.76. The third kappa shape index (κ3) is 3.32. The highest BCUT2D eigenvalue weighted by molar-refractivity contribution is 5.93. The van der Waals surface area contributed by atoms with Gasteiger partial charge in [0.15, 0.2) is 5.82 Å². The van der Waals surface area contributed by atoms with Crippen LogP contribution in [0.25, 0.3) is 5.82 Å². The highest BCUT2D eigenvalue weighted by Gasteiger charge is 2.27. The van der Waals surface area contributed by atoms with Crippen LogP contribution in [0.15, 0.2) is 36.7 Å². The SMILES string of the molecule is CCn1nc(C(C)C)cc1C(=O)N[C@@H]1CCCc2c1cnn2-c1ccccn1. The summed E-state index contributed by atoms with van der Waals surface area (Å²) in [7, 11) is 0. The van der Waals surface area contributed by atoms with Crippen molar-refractivity contribution in [2.24, 2.45) is 0 Å². The summed E-state index contributed by atoms with van der Waals surface area (Å²) in [4.78, 5) is 17.4. The molecule has 0 aliphatic heterocycles. The summed E-state index contributed by atoms with van der Waals surface area (Å²) in [6.07, 6.45) is 6.47. The number of carbonyl (C=O) groups excluding carboxylic acids is 1. The molecular weight excluding hydrogens is 352 g/mol. The maximum atomic E-state index is 13.0. The quantitative estimate of drug-likeness (QED) is 0.738. The first kappa shape index (κ1) is 18.4. The molecule has 4 rings (SSSR count). The number of hydrogen-bond donors (Lipinski definition) is 1. The molecule has 0 fully saturated rings. The van der Waals surface area contributed by atoms with E-state index in [9.17, 15) is 4.79 Å². The van der Waals surface area contributed by atoms with E-state index in [4.69, 9.17) is 0 Å². The Morgan fingerprint density at radius 2 is 2.21 bits per heavy atom. The molecular formula is C21H26N6O. The number of carbonyl (C=O) groups is 1. The first-order valence-corrected chi connectivity index (χ1v) is 9.95. The lowest BCUT2D eigenvalue weighted by Crippen LogP contribution is -2.32. The molecule has 1 atom stereocenters. The van der Waals surface area contributed by atoms with Gasteiger partial charge in [-0.1, -0.05) is 19.9 Å². The van der Waals surface area contributed by atoms with Crippen molar-refractivity contribution in [2.75, 3.05) is 0 Å². The molecule has 1 aliphatic rings. The van der Waals surface area contributed by atoms with E-state index in [-0.39, 0.29) is 17.9 Å². The fourth-order valence-electron chi connectivity index (χ4n) is 3.76.